The lowest BCUT2D eigenvalue weighted by atomic mass is 9.85. The molecule has 5 nitrogen and oxygen atoms in total. The van der Waals surface area contributed by atoms with Crippen LogP contribution in [0.15, 0.2) is 90.0 Å². The average molecular weight is 374 g/mol. The molecule has 0 saturated heterocycles. The number of amides is 1. The highest BCUT2D eigenvalue weighted by molar-refractivity contribution is 6.00. The Balaban J connectivity index is 1.92. The van der Waals surface area contributed by atoms with Gasteiger partial charge in [-0.2, -0.15) is 5.10 Å². The van der Waals surface area contributed by atoms with Crippen molar-refractivity contribution in [1.82, 2.24) is 5.43 Å². The van der Waals surface area contributed by atoms with Gasteiger partial charge in [0.1, 0.15) is 5.75 Å². The summed E-state index contributed by atoms with van der Waals surface area (Å²) in [6.07, 6.45) is 0. The number of carbonyl (C=O) groups is 1. The predicted octanol–water partition coefficient (Wildman–Crippen LogP) is 3.47. The van der Waals surface area contributed by atoms with Gasteiger partial charge in [-0.05, 0) is 30.2 Å². The normalized spacial score (nSPS) is 11.8. The maximum atomic E-state index is 13.0. The molecule has 3 aromatic rings. The largest absolute Gasteiger partial charge is 0.497 e. The van der Waals surface area contributed by atoms with Crippen LogP contribution in [0.4, 0.5) is 0 Å². The zero-order valence-corrected chi connectivity index (χ0v) is 15.8. The number of hydrazone groups is 1. The number of benzene rings is 3. The molecule has 28 heavy (non-hydrogen) atoms. The molecule has 0 aliphatic carbocycles. The van der Waals surface area contributed by atoms with E-state index in [-0.39, 0.29) is 0 Å². The Morgan fingerprint density at radius 2 is 1.50 bits per heavy atom. The number of nitrogens with one attached hydrogen (secondary N) is 1. The third-order valence-electron chi connectivity index (χ3n) is 4.52. The minimum absolute atomic E-state index is 0.466. The Hall–Kier alpha value is -3.44. The van der Waals surface area contributed by atoms with Crippen LogP contribution in [0.5, 0.6) is 5.75 Å². The average Bonchev–Trinajstić information content (AvgIpc) is 2.77. The fourth-order valence-corrected chi connectivity index (χ4v) is 2.92. The number of nitrogens with zero attached hydrogens (tertiary/aromatic N) is 1. The molecule has 0 aromatic heterocycles. The first-order chi connectivity index (χ1) is 13.6. The quantitative estimate of drug-likeness (QED) is 0.513. The van der Waals surface area contributed by atoms with Crippen molar-refractivity contribution in [2.75, 3.05) is 7.11 Å². The zero-order valence-electron chi connectivity index (χ0n) is 15.8. The Kier molecular flexibility index (Phi) is 5.87. The predicted molar refractivity (Wildman–Crippen MR) is 109 cm³/mol. The van der Waals surface area contributed by atoms with E-state index in [1.54, 1.807) is 62.6 Å². The van der Waals surface area contributed by atoms with Crippen molar-refractivity contribution in [1.29, 1.82) is 0 Å². The number of methoxy groups -OCH3 is 1. The second-order valence-electron chi connectivity index (χ2n) is 6.31. The van der Waals surface area contributed by atoms with Crippen LogP contribution in [0.3, 0.4) is 0 Å². The highest BCUT2D eigenvalue weighted by Crippen LogP contribution is 2.29. The topological polar surface area (TPSA) is 70.9 Å². The summed E-state index contributed by atoms with van der Waals surface area (Å²) >= 11 is 0. The van der Waals surface area contributed by atoms with Crippen molar-refractivity contribution in [3.05, 3.63) is 102 Å². The van der Waals surface area contributed by atoms with E-state index in [9.17, 15) is 9.90 Å². The van der Waals surface area contributed by atoms with Gasteiger partial charge in [0.25, 0.3) is 5.91 Å². The van der Waals surface area contributed by atoms with Crippen LogP contribution < -0.4 is 10.2 Å². The van der Waals surface area contributed by atoms with Crippen molar-refractivity contribution in [3.8, 4) is 5.75 Å². The molecule has 0 unspecified atom stereocenters. The van der Waals surface area contributed by atoms with Crippen molar-refractivity contribution in [2.24, 2.45) is 5.10 Å². The van der Waals surface area contributed by atoms with Gasteiger partial charge in [-0.15, -0.1) is 0 Å². The SMILES string of the molecule is COc1cccc(/C(C)=N\NC(=O)C(O)(c2ccccc2)c2ccccc2)c1. The number of ether oxygens (including phenoxy) is 1. The van der Waals surface area contributed by atoms with E-state index in [2.05, 4.69) is 10.5 Å². The first-order valence-corrected chi connectivity index (χ1v) is 8.88. The molecule has 0 atom stereocenters. The van der Waals surface area contributed by atoms with E-state index in [1.807, 2.05) is 36.4 Å². The summed E-state index contributed by atoms with van der Waals surface area (Å²) in [6, 6.07) is 25.0. The molecule has 1 amide bonds. The van der Waals surface area contributed by atoms with E-state index in [1.165, 1.54) is 0 Å². The van der Waals surface area contributed by atoms with Crippen LogP contribution in [0.2, 0.25) is 0 Å². The number of rotatable bonds is 6. The molecule has 0 saturated carbocycles. The first-order valence-electron chi connectivity index (χ1n) is 8.88. The fourth-order valence-electron chi connectivity index (χ4n) is 2.92. The van der Waals surface area contributed by atoms with Crippen LogP contribution in [0.1, 0.15) is 23.6 Å². The molecule has 2 N–H and O–H groups in total. The third kappa shape index (κ3) is 3.94. The summed E-state index contributed by atoms with van der Waals surface area (Å²) < 4.78 is 5.22. The van der Waals surface area contributed by atoms with Crippen molar-refractivity contribution < 1.29 is 14.6 Å². The minimum atomic E-state index is -1.86. The Morgan fingerprint density at radius 3 is 2.04 bits per heavy atom. The zero-order chi connectivity index (χ0) is 20.0. The molecule has 3 aromatic carbocycles. The van der Waals surface area contributed by atoms with Gasteiger partial charge in [0, 0.05) is 5.56 Å². The van der Waals surface area contributed by atoms with E-state index in [0.29, 0.717) is 22.6 Å². The van der Waals surface area contributed by atoms with Gasteiger partial charge >= 0.3 is 0 Å². The smallest absolute Gasteiger partial charge is 0.281 e. The number of hydrogen-bond acceptors (Lipinski definition) is 4. The number of aliphatic hydroxyl groups is 1. The Bertz CT molecular complexity index is 930. The van der Waals surface area contributed by atoms with Crippen LogP contribution in [0, 0.1) is 0 Å². The molecule has 5 heteroatoms. The number of carbonyl (C=O) groups excluding carboxylic acids is 1. The van der Waals surface area contributed by atoms with Gasteiger partial charge in [-0.1, -0.05) is 72.8 Å². The summed E-state index contributed by atoms with van der Waals surface area (Å²) in [7, 11) is 1.59. The van der Waals surface area contributed by atoms with Crippen LogP contribution in [-0.4, -0.2) is 23.8 Å². The maximum Gasteiger partial charge on any atom is 0.281 e. The van der Waals surface area contributed by atoms with Gasteiger partial charge in [0.2, 0.25) is 0 Å². The minimum Gasteiger partial charge on any atom is -0.497 e. The lowest BCUT2D eigenvalue weighted by Crippen LogP contribution is -2.43. The second-order valence-corrected chi connectivity index (χ2v) is 6.31. The Labute approximate surface area is 164 Å². The molecule has 0 aliphatic heterocycles. The van der Waals surface area contributed by atoms with Crippen molar-refractivity contribution in [2.45, 2.75) is 12.5 Å². The molecular weight excluding hydrogens is 352 g/mol. The molecule has 0 spiro atoms. The highest BCUT2D eigenvalue weighted by atomic mass is 16.5. The monoisotopic (exact) mass is 374 g/mol. The van der Waals surface area contributed by atoms with Crippen molar-refractivity contribution >= 4 is 11.6 Å². The van der Waals surface area contributed by atoms with Crippen molar-refractivity contribution in [3.63, 3.8) is 0 Å². The summed E-state index contributed by atoms with van der Waals surface area (Å²) in [4.78, 5) is 13.0. The van der Waals surface area contributed by atoms with Gasteiger partial charge in [0.05, 0.1) is 12.8 Å². The molecule has 0 heterocycles. The molecule has 0 bridgehead atoms. The van der Waals surface area contributed by atoms with Gasteiger partial charge in [0.15, 0.2) is 5.60 Å². The Morgan fingerprint density at radius 1 is 0.929 bits per heavy atom. The molecule has 3 rings (SSSR count). The lowest BCUT2D eigenvalue weighted by Gasteiger charge is -2.27. The van der Waals surface area contributed by atoms with Crippen LogP contribution >= 0.6 is 0 Å². The molecule has 142 valence electrons. The van der Waals surface area contributed by atoms with Crippen LogP contribution in [-0.2, 0) is 10.4 Å². The standard InChI is InChI=1S/C23H22N2O3/c1-17(18-10-9-15-21(16-18)28-2)24-25-22(26)23(27,19-11-5-3-6-12-19)20-13-7-4-8-14-20/h3-16,27H,1-2H3,(H,25,26)/b24-17-. The van der Waals surface area contributed by atoms with Gasteiger partial charge < -0.3 is 9.84 Å². The number of hydrogen-bond donors (Lipinski definition) is 2. The first kappa shape index (κ1) is 19.3. The molecule has 0 fully saturated rings. The third-order valence-corrected chi connectivity index (χ3v) is 4.52. The highest BCUT2D eigenvalue weighted by Gasteiger charge is 2.39. The van der Waals surface area contributed by atoms with E-state index >= 15 is 0 Å². The maximum absolute atomic E-state index is 13.0. The van der Waals surface area contributed by atoms with E-state index < -0.39 is 11.5 Å². The summed E-state index contributed by atoms with van der Waals surface area (Å²) in [6.45, 7) is 1.78. The van der Waals surface area contributed by atoms with E-state index in [0.717, 1.165) is 5.56 Å². The summed E-state index contributed by atoms with van der Waals surface area (Å²) in [5.41, 5.74) is 2.99. The fraction of sp³-hybridized carbons (Fsp3) is 0.130. The second kappa shape index (κ2) is 8.50. The molecular formula is C23H22N2O3. The van der Waals surface area contributed by atoms with Crippen LogP contribution in [0.25, 0.3) is 0 Å². The molecule has 0 radical (unpaired) electrons. The summed E-state index contributed by atoms with van der Waals surface area (Å²) in [5.74, 6) is 0.0654. The van der Waals surface area contributed by atoms with E-state index in [4.69, 9.17) is 4.74 Å². The summed E-state index contributed by atoms with van der Waals surface area (Å²) in [5, 5.41) is 15.6. The molecule has 0 aliphatic rings. The lowest BCUT2D eigenvalue weighted by molar-refractivity contribution is -0.136. The van der Waals surface area contributed by atoms with Gasteiger partial charge in [-0.25, -0.2) is 5.43 Å². The van der Waals surface area contributed by atoms with Gasteiger partial charge in [-0.3, -0.25) is 4.79 Å².